The Morgan fingerprint density at radius 2 is 1.62 bits per heavy atom. The third-order valence-electron chi connectivity index (χ3n) is 3.59. The standard InChI is InChI=1S/C18H16BrNO4/c1-21-13-8-16(22-2)18(17(9-13)23-3)14-10-15(24-20-14)11-5-4-6-12(19)7-11/h4-10H,1-3H3. The molecule has 2 aromatic carbocycles. The second-order valence-corrected chi connectivity index (χ2v) is 5.91. The average Bonchev–Trinajstić information content (AvgIpc) is 3.10. The Labute approximate surface area is 148 Å². The fourth-order valence-corrected chi connectivity index (χ4v) is 2.83. The van der Waals surface area contributed by atoms with E-state index in [2.05, 4.69) is 21.1 Å². The molecule has 24 heavy (non-hydrogen) atoms. The van der Waals surface area contributed by atoms with Gasteiger partial charge in [-0.15, -0.1) is 0 Å². The summed E-state index contributed by atoms with van der Waals surface area (Å²) >= 11 is 3.46. The van der Waals surface area contributed by atoms with Gasteiger partial charge in [0.15, 0.2) is 5.76 Å². The lowest BCUT2D eigenvalue weighted by atomic mass is 10.1. The van der Waals surface area contributed by atoms with Gasteiger partial charge in [-0.1, -0.05) is 33.2 Å². The molecule has 0 atom stereocenters. The Bertz CT molecular complexity index is 835. The van der Waals surface area contributed by atoms with E-state index in [0.717, 1.165) is 10.0 Å². The zero-order valence-electron chi connectivity index (χ0n) is 13.5. The summed E-state index contributed by atoms with van der Waals surface area (Å²) in [7, 11) is 4.77. The van der Waals surface area contributed by atoms with Crippen molar-refractivity contribution in [1.29, 1.82) is 0 Å². The van der Waals surface area contributed by atoms with Gasteiger partial charge in [0.25, 0.3) is 0 Å². The molecule has 0 radical (unpaired) electrons. The Hall–Kier alpha value is -2.47. The minimum absolute atomic E-state index is 0.597. The number of hydrogen-bond acceptors (Lipinski definition) is 5. The smallest absolute Gasteiger partial charge is 0.167 e. The van der Waals surface area contributed by atoms with E-state index in [1.54, 1.807) is 33.5 Å². The predicted octanol–water partition coefficient (Wildman–Crippen LogP) is 4.80. The van der Waals surface area contributed by atoms with Crippen molar-refractivity contribution in [2.45, 2.75) is 0 Å². The highest BCUT2D eigenvalue weighted by Gasteiger charge is 2.19. The van der Waals surface area contributed by atoms with Crippen LogP contribution >= 0.6 is 15.9 Å². The molecular weight excluding hydrogens is 374 g/mol. The van der Waals surface area contributed by atoms with E-state index < -0.39 is 0 Å². The van der Waals surface area contributed by atoms with Crippen molar-refractivity contribution < 1.29 is 18.7 Å². The fraction of sp³-hybridized carbons (Fsp3) is 0.167. The van der Waals surface area contributed by atoms with E-state index in [-0.39, 0.29) is 0 Å². The number of ether oxygens (including phenoxy) is 3. The monoisotopic (exact) mass is 389 g/mol. The summed E-state index contributed by atoms with van der Waals surface area (Å²) in [4.78, 5) is 0. The van der Waals surface area contributed by atoms with Crippen LogP contribution in [0.15, 0.2) is 51.5 Å². The van der Waals surface area contributed by atoms with Gasteiger partial charge in [0.2, 0.25) is 0 Å². The summed E-state index contributed by atoms with van der Waals surface area (Å²) in [5, 5.41) is 4.17. The second-order valence-electron chi connectivity index (χ2n) is 4.99. The van der Waals surface area contributed by atoms with Crippen molar-refractivity contribution in [3.63, 3.8) is 0 Å². The van der Waals surface area contributed by atoms with Crippen LogP contribution in [0.1, 0.15) is 0 Å². The average molecular weight is 390 g/mol. The van der Waals surface area contributed by atoms with Crippen LogP contribution in [0, 0.1) is 0 Å². The van der Waals surface area contributed by atoms with Gasteiger partial charge < -0.3 is 18.7 Å². The molecule has 0 aliphatic heterocycles. The molecular formula is C18H16BrNO4. The zero-order chi connectivity index (χ0) is 17.1. The molecule has 0 spiro atoms. The lowest BCUT2D eigenvalue weighted by molar-refractivity contribution is 0.376. The quantitative estimate of drug-likeness (QED) is 0.627. The number of rotatable bonds is 5. The highest BCUT2D eigenvalue weighted by molar-refractivity contribution is 9.10. The maximum atomic E-state index is 5.50. The highest BCUT2D eigenvalue weighted by atomic mass is 79.9. The Balaban J connectivity index is 2.10. The van der Waals surface area contributed by atoms with Crippen LogP contribution in [0.25, 0.3) is 22.6 Å². The molecule has 0 aliphatic rings. The second kappa shape index (κ2) is 6.97. The van der Waals surface area contributed by atoms with Crippen LogP contribution in [0.2, 0.25) is 0 Å². The molecule has 3 aromatic rings. The first-order valence-electron chi connectivity index (χ1n) is 7.19. The lowest BCUT2D eigenvalue weighted by Gasteiger charge is -2.13. The molecule has 124 valence electrons. The normalized spacial score (nSPS) is 10.5. The number of hydrogen-bond donors (Lipinski definition) is 0. The first kappa shape index (κ1) is 16.4. The van der Waals surface area contributed by atoms with E-state index in [1.165, 1.54) is 0 Å². The first-order valence-corrected chi connectivity index (χ1v) is 7.98. The maximum absolute atomic E-state index is 5.50. The third kappa shape index (κ3) is 3.10. The molecule has 6 heteroatoms. The molecule has 0 bridgehead atoms. The first-order chi connectivity index (χ1) is 11.7. The number of benzene rings is 2. The van der Waals surface area contributed by atoms with Gasteiger partial charge in [-0.3, -0.25) is 0 Å². The van der Waals surface area contributed by atoms with Gasteiger partial charge in [-0.25, -0.2) is 0 Å². The van der Waals surface area contributed by atoms with E-state index in [0.29, 0.717) is 34.3 Å². The summed E-state index contributed by atoms with van der Waals surface area (Å²) in [6.07, 6.45) is 0. The summed E-state index contributed by atoms with van der Waals surface area (Å²) in [5.41, 5.74) is 2.27. The number of aromatic nitrogens is 1. The van der Waals surface area contributed by atoms with Crippen LogP contribution < -0.4 is 14.2 Å². The Kier molecular flexibility index (Phi) is 4.76. The summed E-state index contributed by atoms with van der Waals surface area (Å²) in [5.74, 6) is 2.50. The largest absolute Gasteiger partial charge is 0.496 e. The highest BCUT2D eigenvalue weighted by Crippen LogP contribution is 2.42. The van der Waals surface area contributed by atoms with Crippen molar-refractivity contribution in [2.75, 3.05) is 21.3 Å². The molecule has 0 saturated carbocycles. The molecule has 0 fully saturated rings. The summed E-state index contributed by atoms with van der Waals surface area (Å²) in [6, 6.07) is 13.2. The number of methoxy groups -OCH3 is 3. The SMILES string of the molecule is COc1cc(OC)c(-c2cc(-c3cccc(Br)c3)on2)c(OC)c1. The molecule has 3 rings (SSSR count). The van der Waals surface area contributed by atoms with Crippen molar-refractivity contribution in [1.82, 2.24) is 5.16 Å². The van der Waals surface area contributed by atoms with Crippen LogP contribution in [0.5, 0.6) is 17.2 Å². The molecule has 0 unspecified atom stereocenters. The van der Waals surface area contributed by atoms with Crippen LogP contribution in [0.3, 0.4) is 0 Å². The van der Waals surface area contributed by atoms with Gasteiger partial charge in [0.05, 0.1) is 26.9 Å². The topological polar surface area (TPSA) is 53.7 Å². The van der Waals surface area contributed by atoms with Crippen molar-refractivity contribution in [3.05, 3.63) is 46.9 Å². The lowest BCUT2D eigenvalue weighted by Crippen LogP contribution is -1.95. The van der Waals surface area contributed by atoms with Crippen molar-refractivity contribution in [3.8, 4) is 39.8 Å². The van der Waals surface area contributed by atoms with Crippen LogP contribution in [-0.4, -0.2) is 26.5 Å². The molecule has 0 N–H and O–H groups in total. The van der Waals surface area contributed by atoms with Gasteiger partial charge in [0, 0.05) is 28.2 Å². The van der Waals surface area contributed by atoms with E-state index in [9.17, 15) is 0 Å². The van der Waals surface area contributed by atoms with E-state index >= 15 is 0 Å². The van der Waals surface area contributed by atoms with Gasteiger partial charge >= 0.3 is 0 Å². The van der Waals surface area contributed by atoms with Crippen molar-refractivity contribution >= 4 is 15.9 Å². The molecule has 5 nitrogen and oxygen atoms in total. The minimum Gasteiger partial charge on any atom is -0.496 e. The van der Waals surface area contributed by atoms with Gasteiger partial charge in [-0.05, 0) is 12.1 Å². The molecule has 1 heterocycles. The van der Waals surface area contributed by atoms with Crippen LogP contribution in [-0.2, 0) is 0 Å². The number of nitrogens with zero attached hydrogens (tertiary/aromatic N) is 1. The van der Waals surface area contributed by atoms with Gasteiger partial charge in [0.1, 0.15) is 22.9 Å². The Morgan fingerprint density at radius 3 is 2.21 bits per heavy atom. The Morgan fingerprint density at radius 1 is 0.917 bits per heavy atom. The zero-order valence-corrected chi connectivity index (χ0v) is 15.1. The molecule has 0 saturated heterocycles. The molecule has 0 amide bonds. The van der Waals surface area contributed by atoms with Gasteiger partial charge in [-0.2, -0.15) is 0 Å². The maximum Gasteiger partial charge on any atom is 0.167 e. The van der Waals surface area contributed by atoms with E-state index in [4.69, 9.17) is 18.7 Å². The fourth-order valence-electron chi connectivity index (χ4n) is 2.43. The molecule has 0 aliphatic carbocycles. The predicted molar refractivity (Wildman–Crippen MR) is 94.7 cm³/mol. The van der Waals surface area contributed by atoms with E-state index in [1.807, 2.05) is 30.3 Å². The third-order valence-corrected chi connectivity index (χ3v) is 4.08. The molecule has 1 aromatic heterocycles. The summed E-state index contributed by atoms with van der Waals surface area (Å²) in [6.45, 7) is 0. The van der Waals surface area contributed by atoms with Crippen molar-refractivity contribution in [2.24, 2.45) is 0 Å². The number of halogens is 1. The van der Waals surface area contributed by atoms with Crippen LogP contribution in [0.4, 0.5) is 0 Å². The summed E-state index contributed by atoms with van der Waals surface area (Å²) < 4.78 is 22.7. The minimum atomic E-state index is 0.597.